The number of hydrogen-bond acceptors (Lipinski definition) is 2. The van der Waals surface area contributed by atoms with Crippen molar-refractivity contribution in [2.24, 2.45) is 0 Å². The zero-order chi connectivity index (χ0) is 14.5. The number of aromatic hydroxyl groups is 1. The van der Waals surface area contributed by atoms with Gasteiger partial charge in [-0.1, -0.05) is 35.9 Å². The fraction of sp³-hybridized carbons (Fsp3) is 0.188. The van der Waals surface area contributed by atoms with E-state index in [4.69, 9.17) is 0 Å². The van der Waals surface area contributed by atoms with Gasteiger partial charge in [-0.25, -0.2) is 4.79 Å². The molecule has 0 saturated carbocycles. The second-order valence-electron chi connectivity index (χ2n) is 4.82. The number of urea groups is 1. The van der Waals surface area contributed by atoms with Crippen LogP contribution in [0.4, 0.5) is 10.5 Å². The van der Waals surface area contributed by atoms with E-state index in [0.29, 0.717) is 12.2 Å². The predicted molar refractivity (Wildman–Crippen MR) is 79.9 cm³/mol. The highest BCUT2D eigenvalue weighted by Crippen LogP contribution is 2.23. The molecule has 0 saturated heterocycles. The Bertz CT molecular complexity index is 624. The summed E-state index contributed by atoms with van der Waals surface area (Å²) in [5, 5.41) is 15.1. The third-order valence-corrected chi connectivity index (χ3v) is 2.94. The zero-order valence-electron chi connectivity index (χ0n) is 11.6. The van der Waals surface area contributed by atoms with Gasteiger partial charge in [0.05, 0.1) is 5.69 Å². The van der Waals surface area contributed by atoms with Crippen LogP contribution in [-0.4, -0.2) is 11.1 Å². The molecule has 2 aromatic carbocycles. The summed E-state index contributed by atoms with van der Waals surface area (Å²) in [4.78, 5) is 11.8. The first kappa shape index (κ1) is 13.9. The molecule has 0 spiro atoms. The SMILES string of the molecule is Cc1cccc(CNC(=O)Nc2cc(C)ccc2O)c1. The summed E-state index contributed by atoms with van der Waals surface area (Å²) in [5.74, 6) is 0.0568. The Morgan fingerprint density at radius 1 is 1.10 bits per heavy atom. The van der Waals surface area contributed by atoms with Crippen molar-refractivity contribution in [3.63, 3.8) is 0 Å². The van der Waals surface area contributed by atoms with Crippen LogP contribution in [0.15, 0.2) is 42.5 Å². The predicted octanol–water partition coefficient (Wildman–Crippen LogP) is 3.33. The Hall–Kier alpha value is -2.49. The summed E-state index contributed by atoms with van der Waals surface area (Å²) in [6.07, 6.45) is 0. The maximum atomic E-state index is 11.8. The summed E-state index contributed by atoms with van der Waals surface area (Å²) in [5.41, 5.74) is 3.57. The van der Waals surface area contributed by atoms with Crippen molar-refractivity contribution < 1.29 is 9.90 Å². The second kappa shape index (κ2) is 6.10. The first-order valence-electron chi connectivity index (χ1n) is 6.44. The molecule has 0 bridgehead atoms. The van der Waals surface area contributed by atoms with Gasteiger partial charge >= 0.3 is 6.03 Å². The van der Waals surface area contributed by atoms with Crippen LogP contribution < -0.4 is 10.6 Å². The zero-order valence-corrected chi connectivity index (χ0v) is 11.6. The molecule has 4 nitrogen and oxygen atoms in total. The van der Waals surface area contributed by atoms with Crippen LogP contribution in [0, 0.1) is 13.8 Å². The molecule has 0 aliphatic rings. The molecule has 0 fully saturated rings. The summed E-state index contributed by atoms with van der Waals surface area (Å²) < 4.78 is 0. The molecule has 0 heterocycles. The molecule has 0 aliphatic heterocycles. The van der Waals surface area contributed by atoms with E-state index in [2.05, 4.69) is 10.6 Å². The van der Waals surface area contributed by atoms with Crippen molar-refractivity contribution in [3.8, 4) is 5.75 Å². The molecule has 0 radical (unpaired) electrons. The van der Waals surface area contributed by atoms with Gasteiger partial charge in [0.15, 0.2) is 0 Å². The first-order chi connectivity index (χ1) is 9.54. The van der Waals surface area contributed by atoms with Gasteiger partial charge in [0.2, 0.25) is 0 Å². The Labute approximate surface area is 118 Å². The van der Waals surface area contributed by atoms with E-state index in [1.165, 1.54) is 0 Å². The molecule has 104 valence electrons. The van der Waals surface area contributed by atoms with E-state index in [0.717, 1.165) is 16.7 Å². The van der Waals surface area contributed by atoms with Gasteiger partial charge in [-0.05, 0) is 37.1 Å². The molecule has 0 aromatic heterocycles. The number of benzene rings is 2. The number of amides is 2. The Kier molecular flexibility index (Phi) is 4.25. The van der Waals surface area contributed by atoms with Crippen molar-refractivity contribution >= 4 is 11.7 Å². The minimum absolute atomic E-state index is 0.0568. The molecule has 3 N–H and O–H groups in total. The van der Waals surface area contributed by atoms with E-state index < -0.39 is 0 Å². The van der Waals surface area contributed by atoms with Crippen LogP contribution in [0.25, 0.3) is 0 Å². The van der Waals surface area contributed by atoms with Gasteiger partial charge in [-0.15, -0.1) is 0 Å². The van der Waals surface area contributed by atoms with Crippen LogP contribution in [0.3, 0.4) is 0 Å². The van der Waals surface area contributed by atoms with E-state index in [1.54, 1.807) is 18.2 Å². The van der Waals surface area contributed by atoms with Crippen LogP contribution in [0.2, 0.25) is 0 Å². The molecule has 20 heavy (non-hydrogen) atoms. The van der Waals surface area contributed by atoms with Crippen molar-refractivity contribution in [1.29, 1.82) is 0 Å². The van der Waals surface area contributed by atoms with Crippen LogP contribution in [0.1, 0.15) is 16.7 Å². The highest BCUT2D eigenvalue weighted by molar-refractivity contribution is 5.90. The smallest absolute Gasteiger partial charge is 0.319 e. The van der Waals surface area contributed by atoms with E-state index in [-0.39, 0.29) is 11.8 Å². The number of rotatable bonds is 3. The highest BCUT2D eigenvalue weighted by atomic mass is 16.3. The monoisotopic (exact) mass is 270 g/mol. The van der Waals surface area contributed by atoms with E-state index in [1.807, 2.05) is 38.1 Å². The lowest BCUT2D eigenvalue weighted by Gasteiger charge is -2.10. The second-order valence-corrected chi connectivity index (χ2v) is 4.82. The quantitative estimate of drug-likeness (QED) is 0.749. The van der Waals surface area contributed by atoms with Crippen molar-refractivity contribution in [3.05, 3.63) is 59.2 Å². The summed E-state index contributed by atoms with van der Waals surface area (Å²) in [6, 6.07) is 12.7. The molecular weight excluding hydrogens is 252 g/mol. The summed E-state index contributed by atoms with van der Waals surface area (Å²) in [6.45, 7) is 4.35. The summed E-state index contributed by atoms with van der Waals surface area (Å²) >= 11 is 0. The molecule has 2 amide bonds. The van der Waals surface area contributed by atoms with E-state index >= 15 is 0 Å². The van der Waals surface area contributed by atoms with Crippen molar-refractivity contribution in [2.45, 2.75) is 20.4 Å². The Morgan fingerprint density at radius 3 is 2.60 bits per heavy atom. The van der Waals surface area contributed by atoms with Crippen LogP contribution in [0.5, 0.6) is 5.75 Å². The van der Waals surface area contributed by atoms with Gasteiger partial charge in [-0.2, -0.15) is 0 Å². The van der Waals surface area contributed by atoms with Gasteiger partial charge in [0.25, 0.3) is 0 Å². The Morgan fingerprint density at radius 2 is 1.85 bits per heavy atom. The average molecular weight is 270 g/mol. The fourth-order valence-corrected chi connectivity index (χ4v) is 1.92. The number of aryl methyl sites for hydroxylation is 2. The minimum Gasteiger partial charge on any atom is -0.506 e. The molecule has 0 unspecified atom stereocenters. The normalized spacial score (nSPS) is 10.1. The lowest BCUT2D eigenvalue weighted by Crippen LogP contribution is -2.28. The Balaban J connectivity index is 1.94. The topological polar surface area (TPSA) is 61.4 Å². The standard InChI is InChI=1S/C16H18N2O2/c1-11-4-3-5-13(8-11)10-17-16(20)18-14-9-12(2)6-7-15(14)19/h3-9,19H,10H2,1-2H3,(H2,17,18,20). The van der Waals surface area contributed by atoms with E-state index in [9.17, 15) is 9.90 Å². The molecular formula is C16H18N2O2. The van der Waals surface area contributed by atoms with Gasteiger partial charge in [-0.3, -0.25) is 0 Å². The first-order valence-corrected chi connectivity index (χ1v) is 6.44. The molecule has 2 aromatic rings. The molecule has 0 aliphatic carbocycles. The third kappa shape index (κ3) is 3.75. The molecule has 4 heteroatoms. The largest absolute Gasteiger partial charge is 0.506 e. The lowest BCUT2D eigenvalue weighted by molar-refractivity contribution is 0.251. The van der Waals surface area contributed by atoms with Gasteiger partial charge in [0, 0.05) is 6.54 Å². The van der Waals surface area contributed by atoms with Crippen LogP contribution >= 0.6 is 0 Å². The summed E-state index contributed by atoms with van der Waals surface area (Å²) in [7, 11) is 0. The van der Waals surface area contributed by atoms with Gasteiger partial charge < -0.3 is 15.7 Å². The lowest BCUT2D eigenvalue weighted by atomic mass is 10.1. The highest BCUT2D eigenvalue weighted by Gasteiger charge is 2.06. The number of phenols is 1. The number of anilines is 1. The maximum Gasteiger partial charge on any atom is 0.319 e. The number of carbonyl (C=O) groups is 1. The van der Waals surface area contributed by atoms with Gasteiger partial charge in [0.1, 0.15) is 5.75 Å². The number of phenolic OH excluding ortho intramolecular Hbond substituents is 1. The van der Waals surface area contributed by atoms with Crippen molar-refractivity contribution in [2.75, 3.05) is 5.32 Å². The average Bonchev–Trinajstić information content (AvgIpc) is 2.41. The maximum absolute atomic E-state index is 11.8. The number of carbonyl (C=O) groups excluding carboxylic acids is 1. The number of hydrogen-bond donors (Lipinski definition) is 3. The number of nitrogens with one attached hydrogen (secondary N) is 2. The van der Waals surface area contributed by atoms with Crippen molar-refractivity contribution in [1.82, 2.24) is 5.32 Å². The minimum atomic E-state index is -0.340. The fourth-order valence-electron chi connectivity index (χ4n) is 1.92. The third-order valence-electron chi connectivity index (χ3n) is 2.94. The molecule has 2 rings (SSSR count). The molecule has 0 atom stereocenters. The van der Waals surface area contributed by atoms with Crippen LogP contribution in [-0.2, 0) is 6.54 Å².